The summed E-state index contributed by atoms with van der Waals surface area (Å²) in [7, 11) is 0. The van der Waals surface area contributed by atoms with Crippen LogP contribution >= 0.6 is 0 Å². The van der Waals surface area contributed by atoms with Gasteiger partial charge >= 0.3 is 0 Å². The van der Waals surface area contributed by atoms with Crippen LogP contribution in [0.1, 0.15) is 37.8 Å². The zero-order chi connectivity index (χ0) is 21.5. The Kier molecular flexibility index (Phi) is 6.59. The van der Waals surface area contributed by atoms with Crippen LogP contribution in [-0.2, 0) is 11.3 Å². The molecule has 0 saturated heterocycles. The van der Waals surface area contributed by atoms with Crippen LogP contribution in [0.4, 0.5) is 5.69 Å². The molecule has 3 aromatic rings. The predicted octanol–water partition coefficient (Wildman–Crippen LogP) is 2.59. The molecule has 0 aliphatic carbocycles. The minimum absolute atomic E-state index is 0.152. The third kappa shape index (κ3) is 5.54. The van der Waals surface area contributed by atoms with Crippen molar-refractivity contribution < 1.29 is 18.8 Å². The maximum absolute atomic E-state index is 12.2. The third-order valence-electron chi connectivity index (χ3n) is 4.31. The van der Waals surface area contributed by atoms with Gasteiger partial charge in [0.15, 0.2) is 0 Å². The third-order valence-corrected chi connectivity index (χ3v) is 4.31. The van der Waals surface area contributed by atoms with E-state index in [0.717, 1.165) is 5.56 Å². The van der Waals surface area contributed by atoms with Crippen molar-refractivity contribution in [1.29, 1.82) is 0 Å². The highest BCUT2D eigenvalue weighted by Crippen LogP contribution is 2.14. The molecule has 3 amide bonds. The molecule has 0 radical (unpaired) electrons. The first-order valence-electron chi connectivity index (χ1n) is 9.34. The molecular formula is C22H22N4O4. The average molecular weight is 406 g/mol. The van der Waals surface area contributed by atoms with E-state index in [1.54, 1.807) is 62.6 Å². The van der Waals surface area contributed by atoms with Gasteiger partial charge in [-0.2, -0.15) is 0 Å². The zero-order valence-electron chi connectivity index (χ0n) is 16.7. The van der Waals surface area contributed by atoms with Gasteiger partial charge in [0.1, 0.15) is 11.5 Å². The lowest BCUT2D eigenvalue weighted by molar-refractivity contribution is -0.120. The van der Waals surface area contributed by atoms with Crippen molar-refractivity contribution >= 4 is 23.4 Å². The van der Waals surface area contributed by atoms with Crippen molar-refractivity contribution in [2.45, 2.75) is 20.4 Å². The number of hydrogen-bond acceptors (Lipinski definition) is 5. The van der Waals surface area contributed by atoms with Gasteiger partial charge in [-0.1, -0.05) is 12.1 Å². The van der Waals surface area contributed by atoms with Gasteiger partial charge in [0.2, 0.25) is 5.91 Å². The van der Waals surface area contributed by atoms with E-state index in [1.807, 2.05) is 6.07 Å². The zero-order valence-corrected chi connectivity index (χ0v) is 16.7. The summed E-state index contributed by atoms with van der Waals surface area (Å²) >= 11 is 0. The van der Waals surface area contributed by atoms with E-state index < -0.39 is 0 Å². The Labute approximate surface area is 173 Å². The molecule has 0 unspecified atom stereocenters. The van der Waals surface area contributed by atoms with Gasteiger partial charge in [-0.05, 0) is 49.7 Å². The topological polar surface area (TPSA) is 113 Å². The Bertz CT molecular complexity index is 1060. The summed E-state index contributed by atoms with van der Waals surface area (Å²) in [4.78, 5) is 40.3. The molecule has 0 atom stereocenters. The minimum atomic E-state index is -0.361. The summed E-state index contributed by atoms with van der Waals surface area (Å²) in [5.41, 5.74) is 2.34. The number of aryl methyl sites for hydroxylation is 2. The molecule has 1 aromatic carbocycles. The number of aromatic nitrogens is 1. The standard InChI is InChI=1S/C22H22N4O4/c1-14-10-19(15(2)30-14)22(29)25-13-20(27)24-12-16-4-3-5-18(11-16)26-21(28)17-6-8-23-9-7-17/h3-11H,12-13H2,1-2H3,(H,24,27)(H,25,29)(H,26,28). The Hall–Kier alpha value is -3.94. The molecule has 0 fully saturated rings. The smallest absolute Gasteiger partial charge is 0.255 e. The fraction of sp³-hybridized carbons (Fsp3) is 0.182. The fourth-order valence-corrected chi connectivity index (χ4v) is 2.84. The van der Waals surface area contributed by atoms with Gasteiger partial charge < -0.3 is 20.4 Å². The summed E-state index contributed by atoms with van der Waals surface area (Å²) in [6.45, 7) is 3.56. The SMILES string of the molecule is Cc1cc(C(=O)NCC(=O)NCc2cccc(NC(=O)c3ccncc3)c2)c(C)o1. The van der Waals surface area contributed by atoms with E-state index in [2.05, 4.69) is 20.9 Å². The van der Waals surface area contributed by atoms with Crippen LogP contribution in [0.3, 0.4) is 0 Å². The van der Waals surface area contributed by atoms with Crippen LogP contribution in [-0.4, -0.2) is 29.3 Å². The molecule has 0 saturated carbocycles. The number of carbonyl (C=O) groups is 3. The van der Waals surface area contributed by atoms with Crippen LogP contribution in [0.25, 0.3) is 0 Å². The van der Waals surface area contributed by atoms with E-state index >= 15 is 0 Å². The van der Waals surface area contributed by atoms with Gasteiger partial charge in [-0.15, -0.1) is 0 Å². The molecule has 154 valence electrons. The quantitative estimate of drug-likeness (QED) is 0.558. The Morgan fingerprint density at radius 2 is 1.73 bits per heavy atom. The molecule has 2 aromatic heterocycles. The fourth-order valence-electron chi connectivity index (χ4n) is 2.84. The Morgan fingerprint density at radius 1 is 0.967 bits per heavy atom. The molecule has 2 heterocycles. The van der Waals surface area contributed by atoms with E-state index in [0.29, 0.717) is 28.3 Å². The van der Waals surface area contributed by atoms with E-state index in [-0.39, 0.29) is 30.8 Å². The molecule has 3 N–H and O–H groups in total. The molecule has 0 bridgehead atoms. The van der Waals surface area contributed by atoms with Crippen molar-refractivity contribution in [2.75, 3.05) is 11.9 Å². The molecule has 0 spiro atoms. The number of nitrogens with one attached hydrogen (secondary N) is 3. The van der Waals surface area contributed by atoms with Gasteiger partial charge in [0.25, 0.3) is 11.8 Å². The first-order chi connectivity index (χ1) is 14.4. The van der Waals surface area contributed by atoms with Gasteiger partial charge in [0, 0.05) is 30.2 Å². The second-order valence-corrected chi connectivity index (χ2v) is 6.68. The van der Waals surface area contributed by atoms with Crippen molar-refractivity contribution in [2.24, 2.45) is 0 Å². The van der Waals surface area contributed by atoms with E-state index in [9.17, 15) is 14.4 Å². The molecule has 8 nitrogen and oxygen atoms in total. The summed E-state index contributed by atoms with van der Waals surface area (Å²) in [6, 6.07) is 12.0. The van der Waals surface area contributed by atoms with Crippen LogP contribution < -0.4 is 16.0 Å². The van der Waals surface area contributed by atoms with Crippen molar-refractivity contribution in [3.05, 3.63) is 83.1 Å². The number of nitrogens with zero attached hydrogens (tertiary/aromatic N) is 1. The van der Waals surface area contributed by atoms with Crippen LogP contribution in [0.15, 0.2) is 59.3 Å². The molecule has 0 aliphatic rings. The summed E-state index contributed by atoms with van der Waals surface area (Å²) in [6.07, 6.45) is 3.10. The second kappa shape index (κ2) is 9.51. The Balaban J connectivity index is 1.49. The lowest BCUT2D eigenvalue weighted by atomic mass is 10.2. The van der Waals surface area contributed by atoms with E-state index in [4.69, 9.17) is 4.42 Å². The lowest BCUT2D eigenvalue weighted by Gasteiger charge is -2.09. The first kappa shape index (κ1) is 20.8. The molecule has 3 rings (SSSR count). The number of carbonyl (C=O) groups excluding carboxylic acids is 3. The average Bonchev–Trinajstić information content (AvgIpc) is 3.09. The number of anilines is 1. The van der Waals surface area contributed by atoms with Crippen molar-refractivity contribution in [3.63, 3.8) is 0 Å². The largest absolute Gasteiger partial charge is 0.466 e. The van der Waals surface area contributed by atoms with Crippen LogP contribution in [0, 0.1) is 13.8 Å². The maximum atomic E-state index is 12.2. The van der Waals surface area contributed by atoms with Gasteiger partial charge in [-0.25, -0.2) is 0 Å². The molecular weight excluding hydrogens is 384 g/mol. The highest BCUT2D eigenvalue weighted by Gasteiger charge is 2.14. The van der Waals surface area contributed by atoms with Gasteiger partial charge in [-0.3, -0.25) is 19.4 Å². The number of rotatable bonds is 7. The molecule has 8 heteroatoms. The minimum Gasteiger partial charge on any atom is -0.466 e. The van der Waals surface area contributed by atoms with Crippen LogP contribution in [0.2, 0.25) is 0 Å². The number of pyridine rings is 1. The number of furan rings is 1. The van der Waals surface area contributed by atoms with Gasteiger partial charge in [0.05, 0.1) is 12.1 Å². The maximum Gasteiger partial charge on any atom is 0.255 e. The summed E-state index contributed by atoms with van der Waals surface area (Å²) < 4.78 is 5.32. The highest BCUT2D eigenvalue weighted by molar-refractivity contribution is 6.04. The van der Waals surface area contributed by atoms with E-state index in [1.165, 1.54) is 0 Å². The number of hydrogen-bond donors (Lipinski definition) is 3. The number of benzene rings is 1. The second-order valence-electron chi connectivity index (χ2n) is 6.68. The van der Waals surface area contributed by atoms with Crippen LogP contribution in [0.5, 0.6) is 0 Å². The summed E-state index contributed by atoms with van der Waals surface area (Å²) in [5, 5.41) is 8.12. The summed E-state index contributed by atoms with van der Waals surface area (Å²) in [5.74, 6) is 0.216. The molecule has 0 aliphatic heterocycles. The molecule has 30 heavy (non-hydrogen) atoms. The Morgan fingerprint density at radius 3 is 2.43 bits per heavy atom. The lowest BCUT2D eigenvalue weighted by Crippen LogP contribution is -2.36. The highest BCUT2D eigenvalue weighted by atomic mass is 16.3. The van der Waals surface area contributed by atoms with Crippen molar-refractivity contribution in [3.8, 4) is 0 Å². The number of amides is 3. The van der Waals surface area contributed by atoms with Crippen molar-refractivity contribution in [1.82, 2.24) is 15.6 Å². The normalized spacial score (nSPS) is 10.3. The predicted molar refractivity (Wildman–Crippen MR) is 111 cm³/mol. The first-order valence-corrected chi connectivity index (χ1v) is 9.34. The monoisotopic (exact) mass is 406 g/mol.